The Bertz CT molecular complexity index is 490. The summed E-state index contributed by atoms with van der Waals surface area (Å²) < 4.78 is 1.99. The molecular formula is C15H27ClN4. The smallest absolute Gasteiger partial charge is 0.0847 e. The molecule has 20 heavy (non-hydrogen) atoms. The van der Waals surface area contributed by atoms with Crippen molar-refractivity contribution in [2.45, 2.75) is 60.5 Å². The Hall–Kier alpha value is -0.580. The highest BCUT2D eigenvalue weighted by molar-refractivity contribution is 6.31. The lowest BCUT2D eigenvalue weighted by atomic mass is 10.00. The van der Waals surface area contributed by atoms with Crippen LogP contribution in [0, 0.1) is 23.7 Å². The molecule has 0 amide bonds. The van der Waals surface area contributed by atoms with E-state index in [-0.39, 0.29) is 6.04 Å². The van der Waals surface area contributed by atoms with Gasteiger partial charge in [0.1, 0.15) is 0 Å². The van der Waals surface area contributed by atoms with Crippen molar-refractivity contribution in [1.82, 2.24) is 15.2 Å². The van der Waals surface area contributed by atoms with Gasteiger partial charge >= 0.3 is 0 Å². The molecular weight excluding hydrogens is 272 g/mol. The van der Waals surface area contributed by atoms with Crippen LogP contribution in [0.5, 0.6) is 0 Å². The van der Waals surface area contributed by atoms with Crippen molar-refractivity contribution in [3.63, 3.8) is 0 Å². The molecule has 3 N–H and O–H groups in total. The molecule has 5 heteroatoms. The minimum Gasteiger partial charge on any atom is -0.271 e. The number of hydrogen-bond donors (Lipinski definition) is 2. The number of hydrazine groups is 1. The van der Waals surface area contributed by atoms with E-state index < -0.39 is 0 Å². The van der Waals surface area contributed by atoms with Gasteiger partial charge in [0.05, 0.1) is 16.4 Å². The summed E-state index contributed by atoms with van der Waals surface area (Å²) >= 11 is 6.41. The summed E-state index contributed by atoms with van der Waals surface area (Å²) in [7, 11) is 0. The Balaban J connectivity index is 2.25. The molecule has 2 rings (SSSR count). The largest absolute Gasteiger partial charge is 0.271 e. The zero-order valence-electron chi connectivity index (χ0n) is 13.4. The lowest BCUT2D eigenvalue weighted by Crippen LogP contribution is -2.40. The highest BCUT2D eigenvalue weighted by Gasteiger charge is 2.66. The number of nitrogens with one attached hydrogen (secondary N) is 1. The molecule has 0 aliphatic heterocycles. The fourth-order valence-corrected chi connectivity index (χ4v) is 4.01. The van der Waals surface area contributed by atoms with Crippen molar-refractivity contribution < 1.29 is 0 Å². The summed E-state index contributed by atoms with van der Waals surface area (Å²) in [5, 5.41) is 5.27. The van der Waals surface area contributed by atoms with Crippen molar-refractivity contribution in [3.05, 3.63) is 16.4 Å². The van der Waals surface area contributed by atoms with Crippen molar-refractivity contribution in [3.8, 4) is 0 Å². The first-order valence-electron chi connectivity index (χ1n) is 7.36. The second-order valence-corrected chi connectivity index (χ2v) is 7.44. The van der Waals surface area contributed by atoms with E-state index in [9.17, 15) is 0 Å². The molecule has 114 valence electrons. The fourth-order valence-electron chi connectivity index (χ4n) is 3.80. The van der Waals surface area contributed by atoms with E-state index in [1.54, 1.807) is 0 Å². The highest BCUT2D eigenvalue weighted by atomic mass is 35.5. The van der Waals surface area contributed by atoms with Gasteiger partial charge in [-0.3, -0.25) is 16.0 Å². The minimum atomic E-state index is 0.221. The zero-order valence-corrected chi connectivity index (χ0v) is 14.2. The van der Waals surface area contributed by atoms with Crippen LogP contribution in [0.25, 0.3) is 0 Å². The van der Waals surface area contributed by atoms with Crippen LogP contribution in [0.1, 0.15) is 46.0 Å². The van der Waals surface area contributed by atoms with Crippen LogP contribution < -0.4 is 11.3 Å². The molecule has 1 unspecified atom stereocenters. The zero-order chi connectivity index (χ0) is 15.3. The number of nitrogens with zero attached hydrogens (tertiary/aromatic N) is 2. The van der Waals surface area contributed by atoms with Crippen LogP contribution >= 0.6 is 11.6 Å². The monoisotopic (exact) mass is 298 g/mol. The van der Waals surface area contributed by atoms with Crippen molar-refractivity contribution >= 4 is 11.6 Å². The Morgan fingerprint density at radius 3 is 2.30 bits per heavy atom. The average molecular weight is 299 g/mol. The first kappa shape index (κ1) is 15.8. The first-order chi connectivity index (χ1) is 9.18. The summed E-state index contributed by atoms with van der Waals surface area (Å²) in [5.74, 6) is 6.37. The third kappa shape index (κ3) is 2.18. The maximum Gasteiger partial charge on any atom is 0.0847 e. The van der Waals surface area contributed by atoms with E-state index in [1.807, 2.05) is 11.6 Å². The van der Waals surface area contributed by atoms with E-state index in [0.29, 0.717) is 16.7 Å². The SMILES string of the molecule is CCn1nc(C)c(Cl)c1CC(NN)C1C(C)(C)C1(C)C. The summed E-state index contributed by atoms with van der Waals surface area (Å²) in [4.78, 5) is 0. The summed E-state index contributed by atoms with van der Waals surface area (Å²) in [6.45, 7) is 14.1. The molecule has 1 aliphatic rings. The second-order valence-electron chi connectivity index (χ2n) is 7.06. The Labute approximate surface area is 127 Å². The van der Waals surface area contributed by atoms with Crippen molar-refractivity contribution in [2.24, 2.45) is 22.6 Å². The molecule has 1 heterocycles. The predicted molar refractivity (Wildman–Crippen MR) is 83.5 cm³/mol. The molecule has 0 saturated heterocycles. The third-order valence-electron chi connectivity index (χ3n) is 5.61. The summed E-state index contributed by atoms with van der Waals surface area (Å²) in [6, 6.07) is 0.221. The maximum absolute atomic E-state index is 6.41. The van der Waals surface area contributed by atoms with Gasteiger partial charge in [0.25, 0.3) is 0 Å². The quantitative estimate of drug-likeness (QED) is 0.649. The summed E-state index contributed by atoms with van der Waals surface area (Å²) in [6.07, 6.45) is 0.821. The van der Waals surface area contributed by atoms with E-state index >= 15 is 0 Å². The van der Waals surface area contributed by atoms with Gasteiger partial charge in [0.15, 0.2) is 0 Å². The normalized spacial score (nSPS) is 22.0. The number of rotatable bonds is 5. The molecule has 0 bridgehead atoms. The van der Waals surface area contributed by atoms with Gasteiger partial charge in [-0.25, -0.2) is 0 Å². The molecule has 1 atom stereocenters. The van der Waals surface area contributed by atoms with Crippen LogP contribution in [0.15, 0.2) is 0 Å². The number of nitrogens with two attached hydrogens (primary N) is 1. The molecule has 0 aromatic carbocycles. The molecule has 4 nitrogen and oxygen atoms in total. The number of hydrogen-bond acceptors (Lipinski definition) is 3. The number of aromatic nitrogens is 2. The molecule has 0 radical (unpaired) electrons. The maximum atomic E-state index is 6.41. The topological polar surface area (TPSA) is 55.9 Å². The lowest BCUT2D eigenvalue weighted by Gasteiger charge is -2.19. The molecule has 1 aromatic rings. The van der Waals surface area contributed by atoms with Gasteiger partial charge in [0, 0.05) is 19.0 Å². The Morgan fingerprint density at radius 1 is 1.35 bits per heavy atom. The van der Waals surface area contributed by atoms with Gasteiger partial charge < -0.3 is 0 Å². The molecule has 1 aromatic heterocycles. The second kappa shape index (κ2) is 5.00. The van der Waals surface area contributed by atoms with Gasteiger partial charge in [-0.2, -0.15) is 5.10 Å². The van der Waals surface area contributed by atoms with E-state index in [4.69, 9.17) is 17.4 Å². The van der Waals surface area contributed by atoms with Crippen LogP contribution in [-0.4, -0.2) is 15.8 Å². The molecule has 0 spiro atoms. The van der Waals surface area contributed by atoms with Crippen molar-refractivity contribution in [2.75, 3.05) is 0 Å². The van der Waals surface area contributed by atoms with Gasteiger partial charge in [-0.15, -0.1) is 0 Å². The fraction of sp³-hybridized carbons (Fsp3) is 0.800. The summed E-state index contributed by atoms with van der Waals surface area (Å²) in [5.41, 5.74) is 5.59. The molecule has 1 saturated carbocycles. The van der Waals surface area contributed by atoms with E-state index in [1.165, 1.54) is 0 Å². The highest BCUT2D eigenvalue weighted by Crippen LogP contribution is 2.69. The average Bonchev–Trinajstić information content (AvgIpc) is 2.63. The van der Waals surface area contributed by atoms with Gasteiger partial charge in [-0.05, 0) is 30.6 Å². The Morgan fingerprint density at radius 2 is 1.90 bits per heavy atom. The van der Waals surface area contributed by atoms with Gasteiger partial charge in [0.2, 0.25) is 0 Å². The third-order valence-corrected chi connectivity index (χ3v) is 6.11. The van der Waals surface area contributed by atoms with Gasteiger partial charge in [-0.1, -0.05) is 39.3 Å². The standard InChI is InChI=1S/C15H27ClN4/c1-7-20-11(12(16)9(2)19-20)8-10(18-17)13-14(3,4)15(13,5)6/h10,13,18H,7-8,17H2,1-6H3. The Kier molecular flexibility index (Phi) is 3.95. The molecule has 1 aliphatic carbocycles. The lowest BCUT2D eigenvalue weighted by molar-refractivity contribution is 0.392. The van der Waals surface area contributed by atoms with Crippen LogP contribution in [0.3, 0.4) is 0 Å². The molecule has 1 fully saturated rings. The first-order valence-corrected chi connectivity index (χ1v) is 7.74. The van der Waals surface area contributed by atoms with E-state index in [2.05, 4.69) is 45.1 Å². The van der Waals surface area contributed by atoms with E-state index in [0.717, 1.165) is 29.4 Å². The number of aryl methyl sites for hydroxylation is 2. The van der Waals surface area contributed by atoms with Crippen LogP contribution in [0.2, 0.25) is 5.02 Å². The predicted octanol–water partition coefficient (Wildman–Crippen LogP) is 2.92. The van der Waals surface area contributed by atoms with Crippen LogP contribution in [-0.2, 0) is 13.0 Å². The van der Waals surface area contributed by atoms with Crippen molar-refractivity contribution in [1.29, 1.82) is 0 Å². The van der Waals surface area contributed by atoms with Crippen LogP contribution in [0.4, 0.5) is 0 Å². The minimum absolute atomic E-state index is 0.221. The number of halogens is 1.